The Morgan fingerprint density at radius 1 is 1.10 bits per heavy atom. The lowest BCUT2D eigenvalue weighted by molar-refractivity contribution is -0.137. The van der Waals surface area contributed by atoms with Gasteiger partial charge >= 0.3 is 6.18 Å². The molecular formula is C15H12F3NO2. The lowest BCUT2D eigenvalue weighted by atomic mass is 10.1. The summed E-state index contributed by atoms with van der Waals surface area (Å²) in [5.74, 6) is 0.0807. The first kappa shape index (κ1) is 14.9. The zero-order chi connectivity index (χ0) is 15.5. The lowest BCUT2D eigenvalue weighted by Gasteiger charge is -2.09. The molecule has 0 saturated heterocycles. The molecule has 0 fully saturated rings. The minimum Gasteiger partial charge on any atom is -0.497 e. The summed E-state index contributed by atoms with van der Waals surface area (Å²) in [5, 5.41) is 2.59. The van der Waals surface area contributed by atoms with Gasteiger partial charge in [-0.2, -0.15) is 13.2 Å². The molecule has 0 aromatic heterocycles. The molecule has 0 unspecified atom stereocenters. The number of nitrogens with one attached hydrogen (secondary N) is 1. The topological polar surface area (TPSA) is 38.3 Å². The monoisotopic (exact) mass is 295 g/mol. The summed E-state index contributed by atoms with van der Waals surface area (Å²) in [7, 11) is 1.50. The summed E-state index contributed by atoms with van der Waals surface area (Å²) in [4.78, 5) is 11.9. The van der Waals surface area contributed by atoms with Gasteiger partial charge in [0.2, 0.25) is 0 Å². The molecule has 0 aliphatic carbocycles. The van der Waals surface area contributed by atoms with Crippen molar-refractivity contribution in [3.8, 4) is 5.75 Å². The van der Waals surface area contributed by atoms with Crippen LogP contribution in [0.2, 0.25) is 0 Å². The second-order valence-electron chi connectivity index (χ2n) is 4.26. The van der Waals surface area contributed by atoms with E-state index in [0.29, 0.717) is 11.4 Å². The maximum Gasteiger partial charge on any atom is 0.416 e. The average molecular weight is 295 g/mol. The van der Waals surface area contributed by atoms with Crippen molar-refractivity contribution < 1.29 is 22.7 Å². The average Bonchev–Trinajstić information content (AvgIpc) is 2.46. The highest BCUT2D eigenvalue weighted by molar-refractivity contribution is 6.04. The highest BCUT2D eigenvalue weighted by Gasteiger charge is 2.30. The quantitative estimate of drug-likeness (QED) is 0.930. The molecule has 0 aliphatic rings. The smallest absolute Gasteiger partial charge is 0.416 e. The van der Waals surface area contributed by atoms with Crippen LogP contribution in [0.1, 0.15) is 15.9 Å². The van der Waals surface area contributed by atoms with E-state index in [9.17, 15) is 18.0 Å². The SMILES string of the molecule is COc1cccc(NC(=O)c2ccc(C(F)(F)F)cc2)c1. The zero-order valence-electron chi connectivity index (χ0n) is 11.1. The minimum absolute atomic E-state index is 0.144. The lowest BCUT2D eigenvalue weighted by Crippen LogP contribution is -2.12. The van der Waals surface area contributed by atoms with E-state index in [2.05, 4.69) is 5.32 Å². The predicted molar refractivity (Wildman–Crippen MR) is 72.4 cm³/mol. The molecule has 0 heterocycles. The number of carbonyl (C=O) groups excluding carboxylic acids is 1. The Balaban J connectivity index is 2.13. The molecule has 0 aliphatic heterocycles. The Morgan fingerprint density at radius 3 is 2.33 bits per heavy atom. The largest absolute Gasteiger partial charge is 0.497 e. The van der Waals surface area contributed by atoms with Crippen molar-refractivity contribution in [3.63, 3.8) is 0 Å². The molecule has 0 saturated carbocycles. The van der Waals surface area contributed by atoms with Gasteiger partial charge in [-0.25, -0.2) is 0 Å². The molecule has 2 rings (SSSR count). The molecule has 1 amide bonds. The standard InChI is InChI=1S/C15H12F3NO2/c1-21-13-4-2-3-12(9-13)19-14(20)10-5-7-11(8-6-10)15(16,17)18/h2-9H,1H3,(H,19,20). The second kappa shape index (κ2) is 5.87. The molecule has 0 atom stereocenters. The summed E-state index contributed by atoms with van der Waals surface area (Å²) in [6.07, 6.45) is -4.41. The van der Waals surface area contributed by atoms with Crippen LogP contribution >= 0.6 is 0 Å². The molecule has 0 spiro atoms. The number of carbonyl (C=O) groups is 1. The summed E-state index contributed by atoms with van der Waals surface area (Å²) in [6, 6.07) is 10.7. The van der Waals surface area contributed by atoms with Crippen LogP contribution in [0.5, 0.6) is 5.75 Å². The Kier molecular flexibility index (Phi) is 4.16. The zero-order valence-corrected chi connectivity index (χ0v) is 11.1. The third-order valence-electron chi connectivity index (χ3n) is 2.80. The number of halogens is 3. The first-order chi connectivity index (χ1) is 9.90. The summed E-state index contributed by atoms with van der Waals surface area (Å²) >= 11 is 0. The van der Waals surface area contributed by atoms with Gasteiger partial charge < -0.3 is 10.1 Å². The number of rotatable bonds is 3. The van der Waals surface area contributed by atoms with Crippen LogP contribution in [0.25, 0.3) is 0 Å². The number of ether oxygens (including phenoxy) is 1. The van der Waals surface area contributed by atoms with E-state index < -0.39 is 17.6 Å². The van der Waals surface area contributed by atoms with E-state index in [1.165, 1.54) is 7.11 Å². The van der Waals surface area contributed by atoms with Crippen LogP contribution in [0.3, 0.4) is 0 Å². The Labute approximate surface area is 119 Å². The van der Waals surface area contributed by atoms with Crippen molar-refractivity contribution in [3.05, 3.63) is 59.7 Å². The maximum absolute atomic E-state index is 12.4. The van der Waals surface area contributed by atoms with Crippen LogP contribution < -0.4 is 10.1 Å². The molecular weight excluding hydrogens is 283 g/mol. The number of hydrogen-bond donors (Lipinski definition) is 1. The van der Waals surface area contributed by atoms with Gasteiger partial charge in [0.1, 0.15) is 5.75 Å². The number of anilines is 1. The first-order valence-corrected chi connectivity index (χ1v) is 6.03. The van der Waals surface area contributed by atoms with Crippen LogP contribution in [-0.2, 0) is 6.18 Å². The Bertz CT molecular complexity index is 636. The summed E-state index contributed by atoms with van der Waals surface area (Å²) in [5.41, 5.74) is -0.148. The van der Waals surface area contributed by atoms with Gasteiger partial charge in [-0.3, -0.25) is 4.79 Å². The highest BCUT2D eigenvalue weighted by atomic mass is 19.4. The normalized spacial score (nSPS) is 11.0. The van der Waals surface area contributed by atoms with E-state index in [1.807, 2.05) is 0 Å². The molecule has 2 aromatic carbocycles. The van der Waals surface area contributed by atoms with E-state index in [0.717, 1.165) is 24.3 Å². The number of alkyl halides is 3. The van der Waals surface area contributed by atoms with Crippen LogP contribution in [0.4, 0.5) is 18.9 Å². The number of methoxy groups -OCH3 is 1. The van der Waals surface area contributed by atoms with Gasteiger partial charge in [0.05, 0.1) is 12.7 Å². The van der Waals surface area contributed by atoms with Crippen molar-refractivity contribution in [2.24, 2.45) is 0 Å². The number of hydrogen-bond acceptors (Lipinski definition) is 2. The van der Waals surface area contributed by atoms with Crippen LogP contribution in [-0.4, -0.2) is 13.0 Å². The van der Waals surface area contributed by atoms with Gasteiger partial charge in [-0.15, -0.1) is 0 Å². The number of benzene rings is 2. The summed E-state index contributed by atoms with van der Waals surface area (Å²) < 4.78 is 42.3. The number of amides is 1. The van der Waals surface area contributed by atoms with Crippen molar-refractivity contribution in [2.45, 2.75) is 6.18 Å². The van der Waals surface area contributed by atoms with Crippen molar-refractivity contribution in [1.82, 2.24) is 0 Å². The van der Waals surface area contributed by atoms with Gasteiger partial charge in [0, 0.05) is 17.3 Å². The second-order valence-corrected chi connectivity index (χ2v) is 4.26. The van der Waals surface area contributed by atoms with E-state index in [4.69, 9.17) is 4.74 Å². The van der Waals surface area contributed by atoms with Gasteiger partial charge in [-0.1, -0.05) is 6.07 Å². The van der Waals surface area contributed by atoms with E-state index in [-0.39, 0.29) is 5.56 Å². The van der Waals surface area contributed by atoms with Gasteiger partial charge in [0.15, 0.2) is 0 Å². The molecule has 0 bridgehead atoms. The molecule has 2 aromatic rings. The highest BCUT2D eigenvalue weighted by Crippen LogP contribution is 2.29. The molecule has 1 N–H and O–H groups in total. The van der Waals surface area contributed by atoms with Gasteiger partial charge in [0.25, 0.3) is 5.91 Å². The molecule has 3 nitrogen and oxygen atoms in total. The van der Waals surface area contributed by atoms with Crippen molar-refractivity contribution in [1.29, 1.82) is 0 Å². The molecule has 0 radical (unpaired) electrons. The van der Waals surface area contributed by atoms with E-state index in [1.54, 1.807) is 24.3 Å². The van der Waals surface area contributed by atoms with Crippen LogP contribution in [0, 0.1) is 0 Å². The molecule has 21 heavy (non-hydrogen) atoms. The first-order valence-electron chi connectivity index (χ1n) is 6.03. The van der Waals surface area contributed by atoms with Crippen molar-refractivity contribution >= 4 is 11.6 Å². The minimum atomic E-state index is -4.41. The fourth-order valence-electron chi connectivity index (χ4n) is 1.71. The molecule has 6 heteroatoms. The van der Waals surface area contributed by atoms with E-state index >= 15 is 0 Å². The summed E-state index contributed by atoms with van der Waals surface area (Å²) in [6.45, 7) is 0. The molecule has 110 valence electrons. The third kappa shape index (κ3) is 3.75. The fraction of sp³-hybridized carbons (Fsp3) is 0.133. The van der Waals surface area contributed by atoms with Crippen molar-refractivity contribution in [2.75, 3.05) is 12.4 Å². The fourth-order valence-corrected chi connectivity index (χ4v) is 1.71. The Morgan fingerprint density at radius 2 is 1.76 bits per heavy atom. The van der Waals surface area contributed by atoms with Crippen LogP contribution in [0.15, 0.2) is 48.5 Å². The Hall–Kier alpha value is -2.50. The predicted octanol–water partition coefficient (Wildman–Crippen LogP) is 3.97. The third-order valence-corrected chi connectivity index (χ3v) is 2.80. The van der Waals surface area contributed by atoms with Gasteiger partial charge in [-0.05, 0) is 36.4 Å². The maximum atomic E-state index is 12.4.